The van der Waals surface area contributed by atoms with E-state index >= 15 is 0 Å². The molecule has 0 bridgehead atoms. The van der Waals surface area contributed by atoms with Gasteiger partial charge in [-0.25, -0.2) is 9.59 Å². The van der Waals surface area contributed by atoms with E-state index in [1.807, 2.05) is 5.32 Å². The monoisotopic (exact) mass is 564 g/mol. The second kappa shape index (κ2) is 12.8. The lowest BCUT2D eigenvalue weighted by molar-refractivity contribution is -0.385. The summed E-state index contributed by atoms with van der Waals surface area (Å²) >= 11 is 4.72. The molecule has 39 heavy (non-hydrogen) atoms. The number of halogens is 1. The van der Waals surface area contributed by atoms with Gasteiger partial charge in [0, 0.05) is 23.7 Å². The van der Waals surface area contributed by atoms with Crippen molar-refractivity contribution in [2.75, 3.05) is 13.2 Å². The highest BCUT2D eigenvalue weighted by Gasteiger charge is 2.45. The molecule has 1 N–H and O–H groups in total. The van der Waals surface area contributed by atoms with Crippen LogP contribution in [0.4, 0.5) is 21.0 Å². The number of benzene rings is 2. The summed E-state index contributed by atoms with van der Waals surface area (Å²) in [5.74, 6) is -3.25. The number of hydrogen-bond acceptors (Lipinski definition) is 12. The molecule has 0 saturated heterocycles. The number of nitrogens with one attached hydrogen (secondary N) is 1. The molecule has 0 radical (unpaired) electrons. The molecule has 0 atom stereocenters. The van der Waals surface area contributed by atoms with E-state index in [1.54, 1.807) is 6.92 Å². The Morgan fingerprint density at radius 3 is 1.79 bits per heavy atom. The number of amides is 5. The topological polar surface area (TPSA) is 222 Å². The van der Waals surface area contributed by atoms with Crippen LogP contribution in [0.3, 0.4) is 0 Å². The quantitative estimate of drug-likeness (QED) is 0.244. The Kier molecular flexibility index (Phi) is 9.85. The van der Waals surface area contributed by atoms with Crippen LogP contribution in [0, 0.1) is 20.2 Å². The Morgan fingerprint density at radius 1 is 0.821 bits per heavy atom. The van der Waals surface area contributed by atoms with E-state index in [4.69, 9.17) is 11.6 Å². The first-order valence-corrected chi connectivity index (χ1v) is 11.0. The average Bonchev–Trinajstić information content (AvgIpc) is 3.31. The highest BCUT2D eigenvalue weighted by atomic mass is 35.5. The lowest BCUT2D eigenvalue weighted by Crippen LogP contribution is -2.36. The maximum Gasteiger partial charge on any atom is 0.424 e. The maximum absolute atomic E-state index is 11.9. The number of carbonyl (C=O) groups excluding carboxylic acids is 6. The lowest BCUT2D eigenvalue weighted by atomic mass is 10.1. The fourth-order valence-electron chi connectivity index (χ4n) is 3.24. The Balaban J connectivity index is 0.000000234. The summed E-state index contributed by atoms with van der Waals surface area (Å²) in [5, 5.41) is 23.3. The number of fused-ring (bicyclic) bond motifs is 2. The van der Waals surface area contributed by atoms with Crippen LogP contribution in [0.25, 0.3) is 0 Å². The standard InChI is InChI=1S/C11H8N2O6.C8H4N2O4.C3H5ClO2/c1-2-19-11(16)12-9(14)6-4-3-5-7(13(17)18)8(6)10(12)15;11-7-4-2-1-3-5(10(13)14)6(4)8(12)9-7;1-2-6-3(4)5/h3-5H,2H2,1H3;1-3H,(H,9,11,12);2H2,1H3. The largest absolute Gasteiger partial charge is 0.454 e. The Hall–Kier alpha value is -5.25. The minimum Gasteiger partial charge on any atom is -0.454 e. The first-order chi connectivity index (χ1) is 18.4. The molecule has 16 nitrogen and oxygen atoms in total. The third-order valence-electron chi connectivity index (χ3n) is 4.74. The molecule has 2 aromatic carbocycles. The second-order valence-electron chi connectivity index (χ2n) is 7.01. The zero-order valence-electron chi connectivity index (χ0n) is 20.0. The van der Waals surface area contributed by atoms with Gasteiger partial charge in [0.25, 0.3) is 35.0 Å². The summed E-state index contributed by atoms with van der Waals surface area (Å²) in [7, 11) is 0. The number of nitrogens with zero attached hydrogens (tertiary/aromatic N) is 3. The van der Waals surface area contributed by atoms with Gasteiger partial charge in [-0.05, 0) is 26.0 Å². The molecule has 0 aliphatic carbocycles. The molecule has 2 aliphatic rings. The number of nitro groups is 2. The molecule has 0 aromatic heterocycles. The van der Waals surface area contributed by atoms with E-state index in [9.17, 15) is 49.0 Å². The van der Waals surface area contributed by atoms with Crippen LogP contribution < -0.4 is 5.32 Å². The molecule has 0 saturated carbocycles. The van der Waals surface area contributed by atoms with Gasteiger partial charge in [-0.1, -0.05) is 12.1 Å². The van der Waals surface area contributed by atoms with Crippen LogP contribution >= 0.6 is 11.6 Å². The minimum absolute atomic E-state index is 0.0195. The summed E-state index contributed by atoms with van der Waals surface area (Å²) in [6.45, 7) is 3.54. The Morgan fingerprint density at radius 2 is 1.33 bits per heavy atom. The number of rotatable bonds is 4. The van der Waals surface area contributed by atoms with Crippen molar-refractivity contribution in [3.05, 3.63) is 78.9 Å². The zero-order chi connectivity index (χ0) is 29.4. The number of hydrogen-bond donors (Lipinski definition) is 1. The van der Waals surface area contributed by atoms with Gasteiger partial charge in [-0.3, -0.25) is 44.7 Å². The molecule has 17 heteroatoms. The number of ether oxygens (including phenoxy) is 2. The Bertz CT molecular complexity index is 1410. The van der Waals surface area contributed by atoms with Gasteiger partial charge in [0.05, 0.1) is 34.2 Å². The SMILES string of the molecule is CCOC(=O)Cl.CCOC(=O)N1C(=O)c2cccc([N+](=O)[O-])c2C1=O.O=C1NC(=O)c2c1cccc2[N+](=O)[O-]. The predicted molar refractivity (Wildman–Crippen MR) is 128 cm³/mol. The molecule has 0 fully saturated rings. The summed E-state index contributed by atoms with van der Waals surface area (Å²) in [4.78, 5) is 87.3. The third-order valence-corrected chi connectivity index (χ3v) is 4.84. The van der Waals surface area contributed by atoms with Crippen molar-refractivity contribution in [2.45, 2.75) is 13.8 Å². The van der Waals surface area contributed by atoms with Crippen molar-refractivity contribution in [3.63, 3.8) is 0 Å². The van der Waals surface area contributed by atoms with Gasteiger partial charge in [-0.15, -0.1) is 0 Å². The zero-order valence-corrected chi connectivity index (χ0v) is 20.8. The van der Waals surface area contributed by atoms with Gasteiger partial charge in [0.1, 0.15) is 11.1 Å². The van der Waals surface area contributed by atoms with Crippen LogP contribution in [-0.2, 0) is 9.47 Å². The van der Waals surface area contributed by atoms with Crippen LogP contribution in [0.15, 0.2) is 36.4 Å². The highest BCUT2D eigenvalue weighted by Crippen LogP contribution is 2.31. The van der Waals surface area contributed by atoms with Crippen LogP contribution in [0.5, 0.6) is 0 Å². The van der Waals surface area contributed by atoms with Gasteiger partial charge < -0.3 is 9.47 Å². The van der Waals surface area contributed by atoms with Crippen molar-refractivity contribution >= 4 is 58.1 Å². The molecular formula is C22H17ClN4O12. The van der Waals surface area contributed by atoms with Gasteiger partial charge in [0.15, 0.2) is 0 Å². The maximum atomic E-state index is 11.9. The number of carbonyl (C=O) groups is 6. The normalized spacial score (nSPS) is 12.6. The number of nitro benzene ring substituents is 2. The van der Waals surface area contributed by atoms with Crippen molar-refractivity contribution in [1.29, 1.82) is 0 Å². The van der Waals surface area contributed by atoms with Crippen molar-refractivity contribution < 1.29 is 48.1 Å². The van der Waals surface area contributed by atoms with Crippen molar-refractivity contribution in [1.82, 2.24) is 10.2 Å². The van der Waals surface area contributed by atoms with Gasteiger partial charge in [-0.2, -0.15) is 4.90 Å². The second-order valence-corrected chi connectivity index (χ2v) is 7.32. The molecular weight excluding hydrogens is 548 g/mol. The summed E-state index contributed by atoms with van der Waals surface area (Å²) in [6.07, 6.45) is -1.14. The van der Waals surface area contributed by atoms with Crippen LogP contribution in [-0.4, -0.2) is 63.1 Å². The van der Waals surface area contributed by atoms with E-state index < -0.39 is 50.7 Å². The molecule has 0 unspecified atom stereocenters. The van der Waals surface area contributed by atoms with Crippen molar-refractivity contribution in [3.8, 4) is 0 Å². The molecule has 2 aliphatic heterocycles. The predicted octanol–water partition coefficient (Wildman–Crippen LogP) is 3.21. The molecule has 2 aromatic rings. The Labute approximate surface area is 222 Å². The summed E-state index contributed by atoms with van der Waals surface area (Å²) in [5.41, 5.74) is -2.24. The fourth-order valence-corrected chi connectivity index (χ4v) is 3.35. The molecule has 2 heterocycles. The summed E-state index contributed by atoms with van der Waals surface area (Å²) in [6, 6.07) is 7.56. The molecule has 204 valence electrons. The highest BCUT2D eigenvalue weighted by molar-refractivity contribution is 6.61. The van der Waals surface area contributed by atoms with Gasteiger partial charge in [0.2, 0.25) is 0 Å². The van der Waals surface area contributed by atoms with E-state index in [1.165, 1.54) is 37.3 Å². The average molecular weight is 565 g/mol. The van der Waals surface area contributed by atoms with Gasteiger partial charge >= 0.3 is 11.5 Å². The van der Waals surface area contributed by atoms with E-state index in [0.29, 0.717) is 6.61 Å². The minimum atomic E-state index is -1.14. The van der Waals surface area contributed by atoms with Crippen LogP contribution in [0.1, 0.15) is 55.3 Å². The van der Waals surface area contributed by atoms with Crippen molar-refractivity contribution in [2.24, 2.45) is 0 Å². The molecule has 0 spiro atoms. The first kappa shape index (κ1) is 30.0. The van der Waals surface area contributed by atoms with Crippen LogP contribution in [0.2, 0.25) is 0 Å². The third kappa shape index (κ3) is 6.55. The van der Waals surface area contributed by atoms with E-state index in [0.717, 1.165) is 6.07 Å². The van der Waals surface area contributed by atoms with E-state index in [-0.39, 0.29) is 39.4 Å². The fraction of sp³-hybridized carbons (Fsp3) is 0.182. The molecule has 5 amide bonds. The molecule has 4 rings (SSSR count). The number of imide groups is 4. The smallest absolute Gasteiger partial charge is 0.424 e. The summed E-state index contributed by atoms with van der Waals surface area (Å²) < 4.78 is 8.74. The lowest BCUT2D eigenvalue weighted by Gasteiger charge is -2.10. The first-order valence-electron chi connectivity index (χ1n) is 10.6. The van der Waals surface area contributed by atoms with E-state index in [2.05, 4.69) is 9.47 Å².